The standard InChI is InChI=1S/C16H19N7O/c1-4-22-15-11(8-18-22)14-13(10(3)19-15)16(24)21(6-5-17)12-7-9(2)20-23(12)14/h7-8H,4-6,17H2,1-3H3. The van der Waals surface area contributed by atoms with Crippen molar-refractivity contribution in [2.75, 3.05) is 6.54 Å². The fraction of sp³-hybridized carbons (Fsp3) is 0.375. The van der Waals surface area contributed by atoms with Crippen LogP contribution in [0.1, 0.15) is 18.3 Å². The summed E-state index contributed by atoms with van der Waals surface area (Å²) in [4.78, 5) is 17.7. The van der Waals surface area contributed by atoms with E-state index in [2.05, 4.69) is 15.2 Å². The molecule has 0 fully saturated rings. The molecule has 4 rings (SSSR count). The van der Waals surface area contributed by atoms with Crippen molar-refractivity contribution in [1.29, 1.82) is 0 Å². The van der Waals surface area contributed by atoms with Crippen LogP contribution in [0.2, 0.25) is 0 Å². The van der Waals surface area contributed by atoms with Crippen molar-refractivity contribution in [3.05, 3.63) is 34.0 Å². The number of hydrogen-bond donors (Lipinski definition) is 1. The zero-order valence-corrected chi connectivity index (χ0v) is 13.9. The second kappa shape index (κ2) is 5.13. The van der Waals surface area contributed by atoms with E-state index in [0.717, 1.165) is 27.9 Å². The third-order valence-corrected chi connectivity index (χ3v) is 4.35. The van der Waals surface area contributed by atoms with Crippen LogP contribution in [0.15, 0.2) is 17.1 Å². The summed E-state index contributed by atoms with van der Waals surface area (Å²) in [5.74, 6) is 0. The lowest BCUT2D eigenvalue weighted by molar-refractivity contribution is 0.675. The number of aromatic nitrogens is 6. The molecule has 2 N–H and O–H groups in total. The topological polar surface area (TPSA) is 96.0 Å². The van der Waals surface area contributed by atoms with Crippen molar-refractivity contribution in [3.8, 4) is 0 Å². The summed E-state index contributed by atoms with van der Waals surface area (Å²) in [6.07, 6.45) is 1.76. The number of pyridine rings is 1. The molecule has 0 bridgehead atoms. The molecule has 124 valence electrons. The fourth-order valence-electron chi connectivity index (χ4n) is 3.32. The van der Waals surface area contributed by atoms with Gasteiger partial charge in [0.05, 0.1) is 33.9 Å². The second-order valence-corrected chi connectivity index (χ2v) is 5.92. The second-order valence-electron chi connectivity index (χ2n) is 5.92. The molecule has 0 saturated carbocycles. The average Bonchev–Trinajstić information content (AvgIpc) is 3.13. The minimum absolute atomic E-state index is 0.0843. The Morgan fingerprint density at radius 1 is 1.29 bits per heavy atom. The number of nitrogens with zero attached hydrogens (tertiary/aromatic N) is 6. The van der Waals surface area contributed by atoms with Crippen molar-refractivity contribution < 1.29 is 0 Å². The van der Waals surface area contributed by atoms with Gasteiger partial charge in [-0.1, -0.05) is 0 Å². The first-order valence-corrected chi connectivity index (χ1v) is 8.02. The summed E-state index contributed by atoms with van der Waals surface area (Å²) >= 11 is 0. The molecule has 0 aliphatic carbocycles. The highest BCUT2D eigenvalue weighted by atomic mass is 16.1. The van der Waals surface area contributed by atoms with E-state index in [9.17, 15) is 4.79 Å². The summed E-state index contributed by atoms with van der Waals surface area (Å²) in [5, 5.41) is 10.4. The van der Waals surface area contributed by atoms with Gasteiger partial charge in [0, 0.05) is 25.7 Å². The first-order valence-electron chi connectivity index (χ1n) is 8.02. The highest BCUT2D eigenvalue weighted by molar-refractivity contribution is 6.03. The Hall–Kier alpha value is -2.74. The monoisotopic (exact) mass is 325 g/mol. The Morgan fingerprint density at radius 2 is 2.08 bits per heavy atom. The summed E-state index contributed by atoms with van der Waals surface area (Å²) in [6, 6.07) is 1.91. The Balaban J connectivity index is 2.33. The minimum Gasteiger partial charge on any atom is -0.329 e. The predicted molar refractivity (Wildman–Crippen MR) is 92.2 cm³/mol. The summed E-state index contributed by atoms with van der Waals surface area (Å²) < 4.78 is 5.32. The first kappa shape index (κ1) is 14.8. The van der Waals surface area contributed by atoms with Crippen LogP contribution >= 0.6 is 0 Å². The number of nitrogens with two attached hydrogens (primary N) is 1. The van der Waals surface area contributed by atoms with Crippen molar-refractivity contribution >= 4 is 27.6 Å². The quantitative estimate of drug-likeness (QED) is 0.606. The fourth-order valence-corrected chi connectivity index (χ4v) is 3.32. The lowest BCUT2D eigenvalue weighted by atomic mass is 10.2. The molecule has 0 radical (unpaired) electrons. The van der Waals surface area contributed by atoms with Crippen LogP contribution in [-0.2, 0) is 13.1 Å². The molecule has 0 saturated heterocycles. The van der Waals surface area contributed by atoms with E-state index in [4.69, 9.17) is 5.73 Å². The van der Waals surface area contributed by atoms with Gasteiger partial charge in [-0.05, 0) is 20.8 Å². The average molecular weight is 325 g/mol. The molecule has 4 heterocycles. The van der Waals surface area contributed by atoms with Crippen LogP contribution in [0.3, 0.4) is 0 Å². The Bertz CT molecular complexity index is 1150. The lowest BCUT2D eigenvalue weighted by Crippen LogP contribution is -2.27. The Labute approximate surface area is 137 Å². The third-order valence-electron chi connectivity index (χ3n) is 4.35. The van der Waals surface area contributed by atoms with E-state index >= 15 is 0 Å². The molecule has 0 unspecified atom stereocenters. The normalized spacial score (nSPS) is 12.0. The maximum Gasteiger partial charge on any atom is 0.263 e. The molecule has 0 amide bonds. The molecule has 8 nitrogen and oxygen atoms in total. The van der Waals surface area contributed by atoms with E-state index in [0.29, 0.717) is 30.7 Å². The highest BCUT2D eigenvalue weighted by Gasteiger charge is 2.19. The van der Waals surface area contributed by atoms with E-state index in [1.54, 1.807) is 10.8 Å². The van der Waals surface area contributed by atoms with Crippen molar-refractivity contribution in [3.63, 3.8) is 0 Å². The van der Waals surface area contributed by atoms with Crippen LogP contribution in [0.25, 0.3) is 27.6 Å². The van der Waals surface area contributed by atoms with Crippen molar-refractivity contribution in [2.24, 2.45) is 5.73 Å². The summed E-state index contributed by atoms with van der Waals surface area (Å²) in [5.41, 5.74) is 9.42. The van der Waals surface area contributed by atoms with Gasteiger partial charge < -0.3 is 5.73 Å². The van der Waals surface area contributed by atoms with Gasteiger partial charge in [0.1, 0.15) is 5.65 Å². The van der Waals surface area contributed by atoms with Gasteiger partial charge in [-0.25, -0.2) is 14.2 Å². The van der Waals surface area contributed by atoms with E-state index in [-0.39, 0.29) is 5.56 Å². The van der Waals surface area contributed by atoms with Crippen molar-refractivity contribution in [1.82, 2.24) is 28.9 Å². The molecular formula is C16H19N7O. The van der Waals surface area contributed by atoms with Crippen LogP contribution in [0.5, 0.6) is 0 Å². The smallest absolute Gasteiger partial charge is 0.263 e. The number of hydrogen-bond acceptors (Lipinski definition) is 5. The highest BCUT2D eigenvalue weighted by Crippen LogP contribution is 2.25. The number of rotatable bonds is 3. The van der Waals surface area contributed by atoms with Gasteiger partial charge >= 0.3 is 0 Å². The van der Waals surface area contributed by atoms with Gasteiger partial charge in [0.25, 0.3) is 5.56 Å². The van der Waals surface area contributed by atoms with Crippen LogP contribution in [0.4, 0.5) is 0 Å². The van der Waals surface area contributed by atoms with Gasteiger partial charge in [0.15, 0.2) is 5.65 Å². The van der Waals surface area contributed by atoms with Gasteiger partial charge in [-0.2, -0.15) is 10.2 Å². The Kier molecular flexibility index (Phi) is 3.17. The van der Waals surface area contributed by atoms with Crippen LogP contribution in [-0.4, -0.2) is 35.5 Å². The van der Waals surface area contributed by atoms with Crippen molar-refractivity contribution in [2.45, 2.75) is 33.9 Å². The molecule has 0 spiro atoms. The largest absolute Gasteiger partial charge is 0.329 e. The molecule has 0 aromatic carbocycles. The maximum absolute atomic E-state index is 13.1. The van der Waals surface area contributed by atoms with Crippen LogP contribution in [0, 0.1) is 13.8 Å². The molecule has 4 aromatic rings. The van der Waals surface area contributed by atoms with E-state index < -0.39 is 0 Å². The van der Waals surface area contributed by atoms with E-state index in [1.807, 2.05) is 36.0 Å². The molecule has 4 aromatic heterocycles. The molecule has 0 atom stereocenters. The Morgan fingerprint density at radius 3 is 2.79 bits per heavy atom. The number of fused-ring (bicyclic) bond motifs is 5. The van der Waals surface area contributed by atoms with Gasteiger partial charge in [0.2, 0.25) is 0 Å². The van der Waals surface area contributed by atoms with E-state index in [1.165, 1.54) is 0 Å². The lowest BCUT2D eigenvalue weighted by Gasteiger charge is -2.12. The number of aryl methyl sites for hydroxylation is 3. The van der Waals surface area contributed by atoms with Gasteiger partial charge in [-0.3, -0.25) is 9.36 Å². The summed E-state index contributed by atoms with van der Waals surface area (Å²) in [6.45, 7) is 7.32. The molecule has 8 heteroatoms. The first-order chi connectivity index (χ1) is 11.6. The zero-order chi connectivity index (χ0) is 17.0. The molecule has 24 heavy (non-hydrogen) atoms. The SMILES string of the molecule is CCn1ncc2c1nc(C)c1c(=O)n(CCN)c3cc(C)nn3c12. The predicted octanol–water partition coefficient (Wildman–Crippen LogP) is 0.989. The van der Waals surface area contributed by atoms with Gasteiger partial charge in [-0.15, -0.1) is 0 Å². The molecular weight excluding hydrogens is 306 g/mol. The minimum atomic E-state index is -0.0843. The maximum atomic E-state index is 13.1. The van der Waals surface area contributed by atoms with Crippen LogP contribution < -0.4 is 11.3 Å². The zero-order valence-electron chi connectivity index (χ0n) is 13.9. The molecule has 0 aliphatic heterocycles. The third kappa shape index (κ3) is 1.83. The molecule has 0 aliphatic rings. The summed E-state index contributed by atoms with van der Waals surface area (Å²) in [7, 11) is 0.